The number of nitrogens with one attached hydrogen (secondary N) is 1. The minimum atomic E-state index is 0.681. The van der Waals surface area contributed by atoms with E-state index in [0.717, 1.165) is 19.3 Å². The molecule has 0 aromatic rings. The molecule has 0 atom stereocenters. The summed E-state index contributed by atoms with van der Waals surface area (Å²) in [6.07, 6.45) is 2.58. The van der Waals surface area contributed by atoms with Crippen LogP contribution in [0.15, 0.2) is 0 Å². The van der Waals surface area contributed by atoms with Crippen LogP contribution >= 0.6 is 0 Å². The fourth-order valence-corrected chi connectivity index (χ4v) is 0.362. The maximum absolute atomic E-state index is 9.65. The highest BCUT2D eigenvalue weighted by Crippen LogP contribution is 1.77. The second-order valence-electron chi connectivity index (χ2n) is 1.41. The third-order valence-corrected chi connectivity index (χ3v) is 0.749. The molecule has 0 aromatic carbocycles. The van der Waals surface area contributed by atoms with Crippen LogP contribution < -0.4 is 5.23 Å². The van der Waals surface area contributed by atoms with Crippen LogP contribution in [0.1, 0.15) is 12.8 Å². The summed E-state index contributed by atoms with van der Waals surface area (Å²) < 4.78 is 0. The zero-order chi connectivity index (χ0) is 5.54. The Kier molecular flexibility index (Phi) is 5.45. The predicted octanol–water partition coefficient (Wildman–Crippen LogP) is -0.897. The van der Waals surface area contributed by atoms with Gasteiger partial charge in [-0.05, 0) is 13.0 Å². The first-order chi connectivity index (χ1) is 3.41. The van der Waals surface area contributed by atoms with Crippen molar-refractivity contribution in [2.24, 2.45) is 0 Å². The molecule has 2 nitrogen and oxygen atoms in total. The molecule has 0 fully saturated rings. The molecule has 7 heavy (non-hydrogen) atoms. The Morgan fingerprint density at radius 1 is 1.71 bits per heavy atom. The highest BCUT2D eigenvalue weighted by Gasteiger charge is 1.78. The average molecular weight is 98.9 g/mol. The van der Waals surface area contributed by atoms with Gasteiger partial charge in [-0.15, -0.1) is 0 Å². The minimum absolute atomic E-state index is 0.681. The molecule has 0 spiro atoms. The van der Waals surface area contributed by atoms with Crippen LogP contribution in [0, 0.1) is 0 Å². The third kappa shape index (κ3) is 5.69. The zero-order valence-corrected chi connectivity index (χ0v) is 4.61. The van der Waals surface area contributed by atoms with Crippen molar-refractivity contribution in [3.8, 4) is 0 Å². The van der Waals surface area contributed by atoms with Gasteiger partial charge < -0.3 is 10.0 Å². The molecule has 0 radical (unpaired) electrons. The zero-order valence-electron chi connectivity index (χ0n) is 4.61. The SMILES string of the molecule is BNCCCC=O. The number of unbranched alkanes of at least 4 members (excludes halogenated alkanes) is 1. The predicted molar refractivity (Wildman–Crippen MR) is 31.8 cm³/mol. The van der Waals surface area contributed by atoms with Crippen molar-refractivity contribution in [2.45, 2.75) is 12.8 Å². The summed E-state index contributed by atoms with van der Waals surface area (Å²) >= 11 is 0. The average Bonchev–Trinajstić information content (AvgIpc) is 1.69. The second-order valence-corrected chi connectivity index (χ2v) is 1.41. The minimum Gasteiger partial charge on any atom is -0.362 e. The number of carbonyl (C=O) groups is 1. The Bertz CT molecular complexity index is 49.0. The van der Waals surface area contributed by atoms with Crippen molar-refractivity contribution in [2.75, 3.05) is 6.54 Å². The van der Waals surface area contributed by atoms with E-state index in [1.807, 2.05) is 7.98 Å². The van der Waals surface area contributed by atoms with Gasteiger partial charge in [-0.25, -0.2) is 0 Å². The van der Waals surface area contributed by atoms with E-state index in [-0.39, 0.29) is 0 Å². The van der Waals surface area contributed by atoms with E-state index in [4.69, 9.17) is 0 Å². The van der Waals surface area contributed by atoms with Gasteiger partial charge in [0.15, 0.2) is 7.98 Å². The van der Waals surface area contributed by atoms with Crippen LogP contribution in [0.3, 0.4) is 0 Å². The first-order valence-corrected chi connectivity index (χ1v) is 2.50. The van der Waals surface area contributed by atoms with Crippen LogP contribution in [0.2, 0.25) is 0 Å². The molecular formula is C4H10BNO. The molecule has 0 bridgehead atoms. The van der Waals surface area contributed by atoms with Gasteiger partial charge in [-0.3, -0.25) is 0 Å². The van der Waals surface area contributed by atoms with Crippen molar-refractivity contribution in [3.05, 3.63) is 0 Å². The van der Waals surface area contributed by atoms with E-state index in [9.17, 15) is 4.79 Å². The number of hydrogen-bond donors (Lipinski definition) is 1. The van der Waals surface area contributed by atoms with E-state index in [1.165, 1.54) is 0 Å². The van der Waals surface area contributed by atoms with Gasteiger partial charge in [0, 0.05) is 6.42 Å². The van der Waals surface area contributed by atoms with Gasteiger partial charge in [0.05, 0.1) is 0 Å². The van der Waals surface area contributed by atoms with Gasteiger partial charge in [0.1, 0.15) is 6.29 Å². The lowest BCUT2D eigenvalue weighted by molar-refractivity contribution is -0.107. The monoisotopic (exact) mass is 99.1 g/mol. The summed E-state index contributed by atoms with van der Waals surface area (Å²) in [5.74, 6) is 0. The van der Waals surface area contributed by atoms with E-state index in [0.29, 0.717) is 6.42 Å². The molecule has 0 unspecified atom stereocenters. The fraction of sp³-hybridized carbons (Fsp3) is 0.750. The van der Waals surface area contributed by atoms with E-state index >= 15 is 0 Å². The lowest BCUT2D eigenvalue weighted by Crippen LogP contribution is -2.09. The first kappa shape index (κ1) is 6.69. The van der Waals surface area contributed by atoms with Crippen LogP contribution in [-0.4, -0.2) is 20.8 Å². The van der Waals surface area contributed by atoms with Gasteiger partial charge in [-0.1, -0.05) is 0 Å². The highest BCUT2D eigenvalue weighted by molar-refractivity contribution is 6.04. The van der Waals surface area contributed by atoms with E-state index in [1.54, 1.807) is 0 Å². The molecule has 0 aliphatic rings. The number of rotatable bonds is 4. The maximum atomic E-state index is 9.65. The number of aldehydes is 1. The van der Waals surface area contributed by atoms with Crippen molar-refractivity contribution < 1.29 is 4.79 Å². The van der Waals surface area contributed by atoms with Crippen LogP contribution in [0.4, 0.5) is 0 Å². The quantitative estimate of drug-likeness (QED) is 0.281. The summed E-state index contributed by atoms with van der Waals surface area (Å²) in [6, 6.07) is 0. The van der Waals surface area contributed by atoms with Crippen molar-refractivity contribution in [1.29, 1.82) is 0 Å². The number of hydrogen-bond acceptors (Lipinski definition) is 2. The van der Waals surface area contributed by atoms with Crippen molar-refractivity contribution in [3.63, 3.8) is 0 Å². The Balaban J connectivity index is 2.56. The molecule has 0 aromatic heterocycles. The lowest BCUT2D eigenvalue weighted by atomic mass is 10.3. The summed E-state index contributed by atoms with van der Waals surface area (Å²) in [6.45, 7) is 0.943. The first-order valence-electron chi connectivity index (χ1n) is 2.50. The maximum Gasteiger partial charge on any atom is 0.181 e. The van der Waals surface area contributed by atoms with Gasteiger partial charge in [0.25, 0.3) is 0 Å². The van der Waals surface area contributed by atoms with Gasteiger partial charge in [-0.2, -0.15) is 0 Å². The highest BCUT2D eigenvalue weighted by atomic mass is 16.1. The molecule has 0 saturated heterocycles. The second kappa shape index (κ2) is 5.69. The Morgan fingerprint density at radius 2 is 2.43 bits per heavy atom. The third-order valence-electron chi connectivity index (χ3n) is 0.749. The largest absolute Gasteiger partial charge is 0.362 e. The molecule has 0 heterocycles. The molecular weight excluding hydrogens is 88.9 g/mol. The van der Waals surface area contributed by atoms with Crippen LogP contribution in [0.25, 0.3) is 0 Å². The smallest absolute Gasteiger partial charge is 0.181 e. The van der Waals surface area contributed by atoms with Gasteiger partial charge in [0.2, 0.25) is 0 Å². The Morgan fingerprint density at radius 3 is 2.86 bits per heavy atom. The normalized spacial score (nSPS) is 8.57. The van der Waals surface area contributed by atoms with Crippen molar-refractivity contribution in [1.82, 2.24) is 5.23 Å². The molecule has 0 amide bonds. The van der Waals surface area contributed by atoms with E-state index < -0.39 is 0 Å². The summed E-state index contributed by atoms with van der Waals surface area (Å²) in [5.41, 5.74) is 0. The molecule has 0 saturated carbocycles. The standard InChI is InChI=1S/C4H10BNO/c5-6-3-1-2-4-7/h4,6H,1-3,5H2. The molecule has 0 aliphatic heterocycles. The molecule has 1 N–H and O–H groups in total. The summed E-state index contributed by atoms with van der Waals surface area (Å²) in [5, 5.41) is 2.94. The Hall–Kier alpha value is -0.305. The van der Waals surface area contributed by atoms with Crippen LogP contribution in [-0.2, 0) is 4.79 Å². The lowest BCUT2D eigenvalue weighted by Gasteiger charge is -1.89. The molecule has 3 heteroatoms. The van der Waals surface area contributed by atoms with Gasteiger partial charge >= 0.3 is 0 Å². The van der Waals surface area contributed by atoms with Crippen molar-refractivity contribution >= 4 is 14.3 Å². The molecule has 40 valence electrons. The summed E-state index contributed by atoms with van der Waals surface area (Å²) in [4.78, 5) is 9.65. The molecule has 0 aliphatic carbocycles. The summed E-state index contributed by atoms with van der Waals surface area (Å²) in [7, 11) is 1.88. The van der Waals surface area contributed by atoms with E-state index in [2.05, 4.69) is 5.23 Å². The number of carbonyl (C=O) groups excluding carboxylic acids is 1. The molecule has 0 rings (SSSR count). The topological polar surface area (TPSA) is 29.1 Å². The Labute approximate surface area is 44.7 Å². The van der Waals surface area contributed by atoms with Crippen LogP contribution in [0.5, 0.6) is 0 Å². The fourth-order valence-electron chi connectivity index (χ4n) is 0.362.